The Kier molecular flexibility index (Phi) is 9.21. The molecule has 188 valence electrons. The first-order valence-electron chi connectivity index (χ1n) is 9.97. The number of halogens is 6. The molecule has 0 aliphatic carbocycles. The van der Waals surface area contributed by atoms with Gasteiger partial charge in [0, 0.05) is 18.0 Å². The van der Waals surface area contributed by atoms with Crippen LogP contribution in [0.3, 0.4) is 0 Å². The Bertz CT molecular complexity index is 993. The summed E-state index contributed by atoms with van der Waals surface area (Å²) in [4.78, 5) is 29.3. The van der Waals surface area contributed by atoms with E-state index in [0.717, 1.165) is 7.11 Å². The maximum atomic E-state index is 15.0. The van der Waals surface area contributed by atoms with Gasteiger partial charge in [-0.25, -0.2) is 18.0 Å². The van der Waals surface area contributed by atoms with Crippen molar-refractivity contribution in [2.45, 2.75) is 19.0 Å². The lowest BCUT2D eigenvalue weighted by Crippen LogP contribution is -2.40. The number of aliphatic imine (C=N–C) groups is 1. The standard InChI is InChI=1S/C21H22F6N2O5/c1-3-34-20(31)16-13(9-33-7-6-28)29-12(8-22)15(19(30)32-2)17(16)14-10(23)4-5-11(24)18(14)21(25,26)27/h4-5,15,17H,3,6-9,28H2,1-2H3. The molecule has 13 heteroatoms. The van der Waals surface area contributed by atoms with E-state index in [1.54, 1.807) is 0 Å². The van der Waals surface area contributed by atoms with Gasteiger partial charge < -0.3 is 19.9 Å². The molecule has 2 rings (SSSR count). The summed E-state index contributed by atoms with van der Waals surface area (Å²) in [7, 11) is 0.857. The molecule has 2 atom stereocenters. The number of hydrogen-bond donors (Lipinski definition) is 1. The van der Waals surface area contributed by atoms with Crippen LogP contribution in [0, 0.1) is 17.6 Å². The molecule has 1 aromatic rings. The molecule has 1 aliphatic heterocycles. The number of alkyl halides is 4. The van der Waals surface area contributed by atoms with Gasteiger partial charge >= 0.3 is 18.1 Å². The van der Waals surface area contributed by atoms with Crippen molar-refractivity contribution >= 4 is 17.7 Å². The van der Waals surface area contributed by atoms with Crippen LogP contribution in [0.2, 0.25) is 0 Å². The van der Waals surface area contributed by atoms with Gasteiger partial charge in [0.25, 0.3) is 0 Å². The smallest absolute Gasteiger partial charge is 0.419 e. The van der Waals surface area contributed by atoms with Crippen LogP contribution in [-0.2, 0) is 30.0 Å². The maximum Gasteiger partial charge on any atom is 0.419 e. The highest BCUT2D eigenvalue weighted by molar-refractivity contribution is 6.08. The second kappa shape index (κ2) is 11.5. The van der Waals surface area contributed by atoms with Gasteiger partial charge in [0.2, 0.25) is 0 Å². The summed E-state index contributed by atoms with van der Waals surface area (Å²) in [6, 6.07) is 0.656. The summed E-state index contributed by atoms with van der Waals surface area (Å²) in [5.41, 5.74) is 0.0951. The predicted molar refractivity (Wildman–Crippen MR) is 107 cm³/mol. The fourth-order valence-corrected chi connectivity index (χ4v) is 3.64. The molecule has 0 saturated heterocycles. The lowest BCUT2D eigenvalue weighted by molar-refractivity contribution is -0.146. The molecule has 0 fully saturated rings. The van der Waals surface area contributed by atoms with Gasteiger partial charge in [0.1, 0.15) is 24.2 Å². The minimum absolute atomic E-state index is 0.0205. The number of methoxy groups -OCH3 is 1. The van der Waals surface area contributed by atoms with Crippen LogP contribution in [0.15, 0.2) is 28.4 Å². The van der Waals surface area contributed by atoms with Crippen LogP contribution in [-0.4, -0.2) is 57.8 Å². The molecule has 7 nitrogen and oxygen atoms in total. The number of hydrogen-bond acceptors (Lipinski definition) is 7. The van der Waals surface area contributed by atoms with Gasteiger partial charge in [-0.1, -0.05) is 0 Å². The fraction of sp³-hybridized carbons (Fsp3) is 0.476. The highest BCUT2D eigenvalue weighted by Gasteiger charge is 2.50. The van der Waals surface area contributed by atoms with Gasteiger partial charge in [-0.05, 0) is 19.1 Å². The van der Waals surface area contributed by atoms with E-state index in [0.29, 0.717) is 6.07 Å². The van der Waals surface area contributed by atoms with Crippen molar-refractivity contribution in [3.63, 3.8) is 0 Å². The molecule has 0 aromatic heterocycles. The minimum Gasteiger partial charge on any atom is -0.468 e. The van der Waals surface area contributed by atoms with Crippen LogP contribution in [0.4, 0.5) is 26.3 Å². The normalized spacial score (nSPS) is 18.6. The molecule has 0 amide bonds. The van der Waals surface area contributed by atoms with Crippen molar-refractivity contribution < 1.29 is 50.1 Å². The number of ether oxygens (including phenoxy) is 3. The Hall–Kier alpha value is -2.93. The molecule has 1 aromatic carbocycles. The molecule has 0 spiro atoms. The monoisotopic (exact) mass is 496 g/mol. The highest BCUT2D eigenvalue weighted by atomic mass is 19.4. The number of nitrogens with two attached hydrogens (primary N) is 1. The van der Waals surface area contributed by atoms with Crippen LogP contribution in [0.5, 0.6) is 0 Å². The summed E-state index contributed by atoms with van der Waals surface area (Å²) >= 11 is 0. The number of carbonyl (C=O) groups is 2. The van der Waals surface area contributed by atoms with E-state index < -0.39 is 83.0 Å². The molecule has 0 radical (unpaired) electrons. The van der Waals surface area contributed by atoms with Gasteiger partial charge in [0.15, 0.2) is 0 Å². The van der Waals surface area contributed by atoms with Crippen LogP contribution in [0.1, 0.15) is 24.0 Å². The molecule has 2 N–H and O–H groups in total. The van der Waals surface area contributed by atoms with Gasteiger partial charge in [-0.2, -0.15) is 13.2 Å². The lowest BCUT2D eigenvalue weighted by Gasteiger charge is -2.33. The minimum atomic E-state index is -5.44. The Morgan fingerprint density at radius 2 is 1.82 bits per heavy atom. The van der Waals surface area contributed by atoms with E-state index in [1.165, 1.54) is 6.92 Å². The Balaban J connectivity index is 2.98. The number of carbonyl (C=O) groups excluding carboxylic acids is 2. The zero-order valence-electron chi connectivity index (χ0n) is 18.2. The summed E-state index contributed by atoms with van der Waals surface area (Å²) in [5, 5.41) is 0. The number of rotatable bonds is 9. The van der Waals surface area contributed by atoms with Crippen LogP contribution >= 0.6 is 0 Å². The average Bonchev–Trinajstić information content (AvgIpc) is 2.78. The summed E-state index contributed by atoms with van der Waals surface area (Å²) < 4.78 is 99.6. The Morgan fingerprint density at radius 1 is 1.18 bits per heavy atom. The summed E-state index contributed by atoms with van der Waals surface area (Å²) in [6.07, 6.45) is -5.44. The van der Waals surface area contributed by atoms with Crippen molar-refractivity contribution in [1.82, 2.24) is 0 Å². The Labute approximate surface area is 190 Å². The zero-order valence-corrected chi connectivity index (χ0v) is 18.2. The van der Waals surface area contributed by atoms with Crippen molar-refractivity contribution in [2.24, 2.45) is 16.6 Å². The third-order valence-electron chi connectivity index (χ3n) is 4.92. The highest BCUT2D eigenvalue weighted by Crippen LogP contribution is 2.47. The van der Waals surface area contributed by atoms with Gasteiger partial charge in [0.05, 0.1) is 49.5 Å². The topological polar surface area (TPSA) is 100 Å². The summed E-state index contributed by atoms with van der Waals surface area (Å²) in [6.45, 7) is -0.951. The van der Waals surface area contributed by atoms with Gasteiger partial charge in [-0.15, -0.1) is 0 Å². The third-order valence-corrected chi connectivity index (χ3v) is 4.92. The number of nitrogens with zero attached hydrogens (tertiary/aromatic N) is 1. The molecule has 0 bridgehead atoms. The molecule has 34 heavy (non-hydrogen) atoms. The molecule has 1 aliphatic rings. The van der Waals surface area contributed by atoms with Gasteiger partial charge in [-0.3, -0.25) is 9.79 Å². The van der Waals surface area contributed by atoms with Crippen LogP contribution < -0.4 is 5.73 Å². The van der Waals surface area contributed by atoms with E-state index in [2.05, 4.69) is 9.73 Å². The van der Waals surface area contributed by atoms with Crippen molar-refractivity contribution in [2.75, 3.05) is 40.1 Å². The SMILES string of the molecule is CCOC(=O)C1=C(COCCN)N=C(CF)C(C(=O)OC)C1c1c(F)ccc(F)c1C(F)(F)F. The molecule has 2 unspecified atom stereocenters. The second-order valence-corrected chi connectivity index (χ2v) is 6.95. The quantitative estimate of drug-likeness (QED) is 0.321. The van der Waals surface area contributed by atoms with Crippen molar-refractivity contribution in [3.8, 4) is 0 Å². The molecule has 1 heterocycles. The Morgan fingerprint density at radius 3 is 2.35 bits per heavy atom. The first-order valence-corrected chi connectivity index (χ1v) is 9.97. The first-order chi connectivity index (χ1) is 16.0. The predicted octanol–water partition coefficient (Wildman–Crippen LogP) is 3.07. The van der Waals surface area contributed by atoms with E-state index in [9.17, 15) is 35.9 Å². The van der Waals surface area contributed by atoms with E-state index in [1.807, 2.05) is 0 Å². The van der Waals surface area contributed by atoms with Crippen LogP contribution in [0.25, 0.3) is 0 Å². The molecular weight excluding hydrogens is 474 g/mol. The molecule has 0 saturated carbocycles. The second-order valence-electron chi connectivity index (χ2n) is 6.95. The zero-order chi connectivity index (χ0) is 25.6. The van der Waals surface area contributed by atoms with E-state index in [-0.39, 0.29) is 25.8 Å². The largest absolute Gasteiger partial charge is 0.468 e. The van der Waals surface area contributed by atoms with Crippen molar-refractivity contribution in [1.29, 1.82) is 0 Å². The average molecular weight is 496 g/mol. The third kappa shape index (κ3) is 5.58. The fourth-order valence-electron chi connectivity index (χ4n) is 3.64. The summed E-state index contributed by atoms with van der Waals surface area (Å²) in [5.74, 6) is -10.2. The first kappa shape index (κ1) is 27.3. The van der Waals surface area contributed by atoms with E-state index in [4.69, 9.17) is 15.2 Å². The number of benzene rings is 1. The molecular formula is C21H22F6N2O5. The maximum absolute atomic E-state index is 15.0. The van der Waals surface area contributed by atoms with Crippen molar-refractivity contribution in [3.05, 3.63) is 46.2 Å². The van der Waals surface area contributed by atoms with E-state index >= 15 is 0 Å². The number of esters is 2. The lowest BCUT2D eigenvalue weighted by atomic mass is 9.73.